The van der Waals surface area contributed by atoms with Crippen molar-refractivity contribution in [1.29, 1.82) is 0 Å². The third-order valence-corrected chi connectivity index (χ3v) is 4.77. The molecule has 2 atom stereocenters. The lowest BCUT2D eigenvalue weighted by Crippen LogP contribution is -2.44. The summed E-state index contributed by atoms with van der Waals surface area (Å²) in [6.45, 7) is 3.88. The van der Waals surface area contributed by atoms with Crippen molar-refractivity contribution in [2.24, 2.45) is 9.63 Å². The van der Waals surface area contributed by atoms with Crippen LogP contribution in [0.5, 0.6) is 5.75 Å². The molecule has 0 bridgehead atoms. The van der Waals surface area contributed by atoms with Gasteiger partial charge >= 0.3 is 0 Å². The van der Waals surface area contributed by atoms with Crippen molar-refractivity contribution in [3.8, 4) is 5.75 Å². The maximum Gasteiger partial charge on any atom is 0.254 e. The molecule has 2 aromatic carbocycles. The van der Waals surface area contributed by atoms with Crippen molar-refractivity contribution in [2.75, 3.05) is 5.32 Å². The van der Waals surface area contributed by atoms with Crippen LogP contribution in [-0.2, 0) is 4.79 Å². The predicted octanol–water partition coefficient (Wildman–Crippen LogP) is 4.30. The van der Waals surface area contributed by atoms with Gasteiger partial charge in [0.05, 0.1) is 6.10 Å². The average molecular weight is 419 g/mol. The molecule has 3 rings (SSSR count). The Hall–Kier alpha value is -2.58. The van der Waals surface area contributed by atoms with E-state index in [4.69, 9.17) is 16.3 Å². The Morgan fingerprint density at radius 3 is 2.61 bits per heavy atom. The second kappa shape index (κ2) is 9.07. The van der Waals surface area contributed by atoms with Crippen LogP contribution in [0.2, 0.25) is 5.02 Å². The summed E-state index contributed by atoms with van der Waals surface area (Å²) < 4.78 is 9.42. The summed E-state index contributed by atoms with van der Waals surface area (Å²) in [5.41, 5.74) is 1.01. The van der Waals surface area contributed by atoms with Gasteiger partial charge in [-0.25, -0.2) is 0 Å². The Morgan fingerprint density at radius 2 is 1.93 bits per heavy atom. The van der Waals surface area contributed by atoms with Crippen LogP contribution < -0.4 is 15.4 Å². The van der Waals surface area contributed by atoms with Crippen LogP contribution in [0.1, 0.15) is 24.2 Å². The maximum atomic E-state index is 12.6. The van der Waals surface area contributed by atoms with E-state index in [0.717, 1.165) is 17.7 Å². The number of ether oxygens (including phenoxy) is 1. The first kappa shape index (κ1) is 20.2. The second-order valence-electron chi connectivity index (χ2n) is 6.33. The SMILES string of the molecule is CC(C)Oc1ccc(NC(=O)C2N=NSC2NC(=O)c2cccc(Cl)c2)cc1. The molecule has 28 heavy (non-hydrogen) atoms. The highest BCUT2D eigenvalue weighted by Crippen LogP contribution is 2.27. The molecule has 1 heterocycles. The molecule has 146 valence electrons. The third-order valence-electron chi connectivity index (χ3n) is 3.74. The highest BCUT2D eigenvalue weighted by Gasteiger charge is 2.35. The molecule has 0 fully saturated rings. The molecule has 1 aliphatic heterocycles. The van der Waals surface area contributed by atoms with Crippen molar-refractivity contribution < 1.29 is 14.3 Å². The normalized spacial score (nSPS) is 18.1. The van der Waals surface area contributed by atoms with E-state index < -0.39 is 11.4 Å². The minimum Gasteiger partial charge on any atom is -0.491 e. The van der Waals surface area contributed by atoms with Crippen molar-refractivity contribution in [3.05, 3.63) is 59.1 Å². The number of nitrogens with one attached hydrogen (secondary N) is 2. The van der Waals surface area contributed by atoms with E-state index in [0.29, 0.717) is 16.3 Å². The Bertz CT molecular complexity index is 889. The lowest BCUT2D eigenvalue weighted by atomic mass is 10.2. The molecule has 0 radical (unpaired) electrons. The highest BCUT2D eigenvalue weighted by molar-refractivity contribution is 7.98. The van der Waals surface area contributed by atoms with E-state index in [2.05, 4.69) is 20.3 Å². The number of hydrogen-bond donors (Lipinski definition) is 2. The number of carbonyl (C=O) groups is 2. The van der Waals surface area contributed by atoms with Gasteiger partial charge in [0.25, 0.3) is 11.8 Å². The molecule has 2 aromatic rings. The number of nitrogens with zero attached hydrogens (tertiary/aromatic N) is 2. The molecular weight excluding hydrogens is 400 g/mol. The first-order valence-corrected chi connectivity index (χ1v) is 9.84. The zero-order valence-corrected chi connectivity index (χ0v) is 16.8. The van der Waals surface area contributed by atoms with Gasteiger partial charge in [-0.15, -0.1) is 4.52 Å². The van der Waals surface area contributed by atoms with Crippen LogP contribution in [0.4, 0.5) is 5.69 Å². The summed E-state index contributed by atoms with van der Waals surface area (Å²) in [4.78, 5) is 25.0. The summed E-state index contributed by atoms with van der Waals surface area (Å²) in [7, 11) is 0. The van der Waals surface area contributed by atoms with Crippen LogP contribution in [0.3, 0.4) is 0 Å². The van der Waals surface area contributed by atoms with Crippen LogP contribution in [0.15, 0.2) is 58.2 Å². The summed E-state index contributed by atoms with van der Waals surface area (Å²) >= 11 is 6.96. The first-order chi connectivity index (χ1) is 13.4. The van der Waals surface area contributed by atoms with Gasteiger partial charge in [-0.3, -0.25) is 9.59 Å². The number of carbonyl (C=O) groups excluding carboxylic acids is 2. The largest absolute Gasteiger partial charge is 0.491 e. The van der Waals surface area contributed by atoms with Gasteiger partial charge in [-0.05, 0) is 56.3 Å². The quantitative estimate of drug-likeness (QED) is 0.684. The Balaban J connectivity index is 1.61. The zero-order chi connectivity index (χ0) is 20.1. The lowest BCUT2D eigenvalue weighted by Gasteiger charge is -2.17. The Kier molecular flexibility index (Phi) is 6.53. The van der Waals surface area contributed by atoms with E-state index in [1.807, 2.05) is 13.8 Å². The van der Waals surface area contributed by atoms with Gasteiger partial charge in [0.1, 0.15) is 11.1 Å². The van der Waals surface area contributed by atoms with Gasteiger partial charge in [0.15, 0.2) is 6.04 Å². The van der Waals surface area contributed by atoms with Crippen molar-refractivity contribution in [3.63, 3.8) is 0 Å². The van der Waals surface area contributed by atoms with Crippen molar-refractivity contribution >= 4 is 41.1 Å². The third kappa shape index (κ3) is 5.24. The molecule has 1 aliphatic rings. The van der Waals surface area contributed by atoms with Gasteiger partial charge in [0, 0.05) is 28.2 Å². The molecule has 7 nitrogen and oxygen atoms in total. The van der Waals surface area contributed by atoms with Gasteiger partial charge in [-0.1, -0.05) is 17.7 Å². The van der Waals surface area contributed by atoms with E-state index >= 15 is 0 Å². The zero-order valence-electron chi connectivity index (χ0n) is 15.3. The number of amides is 2. The smallest absolute Gasteiger partial charge is 0.254 e. The molecule has 0 spiro atoms. The van der Waals surface area contributed by atoms with E-state index in [1.165, 1.54) is 0 Å². The van der Waals surface area contributed by atoms with Crippen molar-refractivity contribution in [2.45, 2.75) is 31.4 Å². The minimum atomic E-state index is -0.834. The monoisotopic (exact) mass is 418 g/mol. The van der Waals surface area contributed by atoms with Gasteiger partial charge < -0.3 is 15.4 Å². The van der Waals surface area contributed by atoms with Crippen molar-refractivity contribution in [1.82, 2.24) is 5.32 Å². The fraction of sp³-hybridized carbons (Fsp3) is 0.263. The molecule has 0 saturated carbocycles. The Morgan fingerprint density at radius 1 is 1.18 bits per heavy atom. The number of benzene rings is 2. The van der Waals surface area contributed by atoms with Crippen LogP contribution in [0, 0.1) is 0 Å². The standard InChI is InChI=1S/C19H19ClN4O3S/c1-11(2)27-15-8-6-14(7-9-15)21-18(26)16-19(28-24-23-16)22-17(25)12-4-3-5-13(20)10-12/h3-11,16,19H,1-2H3,(H,21,26)(H,22,25). The summed E-state index contributed by atoms with van der Waals surface area (Å²) in [6, 6.07) is 12.8. The predicted molar refractivity (Wildman–Crippen MR) is 110 cm³/mol. The number of hydrogen-bond acceptors (Lipinski definition) is 6. The fourth-order valence-corrected chi connectivity index (χ4v) is 3.39. The molecule has 0 saturated heterocycles. The van der Waals surface area contributed by atoms with Crippen LogP contribution in [0.25, 0.3) is 0 Å². The van der Waals surface area contributed by atoms with Crippen LogP contribution in [-0.4, -0.2) is 29.3 Å². The minimum absolute atomic E-state index is 0.0697. The molecule has 9 heteroatoms. The van der Waals surface area contributed by atoms with Crippen LogP contribution >= 0.6 is 23.5 Å². The molecule has 2 amide bonds. The number of halogens is 1. The maximum absolute atomic E-state index is 12.6. The molecule has 0 aliphatic carbocycles. The number of anilines is 1. The lowest BCUT2D eigenvalue weighted by molar-refractivity contribution is -0.117. The second-order valence-corrected chi connectivity index (χ2v) is 7.65. The molecular formula is C19H19ClN4O3S. The van der Waals surface area contributed by atoms with E-state index in [1.54, 1.807) is 48.5 Å². The van der Waals surface area contributed by atoms with E-state index in [-0.39, 0.29) is 17.9 Å². The van der Waals surface area contributed by atoms with E-state index in [9.17, 15) is 9.59 Å². The Labute approximate surface area is 172 Å². The topological polar surface area (TPSA) is 92.2 Å². The highest BCUT2D eigenvalue weighted by atomic mass is 35.5. The van der Waals surface area contributed by atoms with Gasteiger partial charge in [0.2, 0.25) is 0 Å². The average Bonchev–Trinajstić information content (AvgIpc) is 3.11. The summed E-state index contributed by atoms with van der Waals surface area (Å²) in [5.74, 6) is 0.0127. The fourth-order valence-electron chi connectivity index (χ4n) is 2.49. The first-order valence-electron chi connectivity index (χ1n) is 8.62. The molecule has 2 unspecified atom stereocenters. The summed E-state index contributed by atoms with van der Waals surface area (Å²) in [6.07, 6.45) is 0.0697. The molecule has 2 N–H and O–H groups in total. The summed E-state index contributed by atoms with van der Waals surface area (Å²) in [5, 5.41) is 9.35. The van der Waals surface area contributed by atoms with Gasteiger partial charge in [-0.2, -0.15) is 5.11 Å². The number of rotatable bonds is 6. The molecule has 0 aromatic heterocycles.